The molecule has 0 atom stereocenters. The summed E-state index contributed by atoms with van der Waals surface area (Å²) in [5.41, 5.74) is 1.78. The maximum Gasteiger partial charge on any atom is 0.227 e. The van der Waals surface area contributed by atoms with Crippen molar-refractivity contribution in [1.29, 1.82) is 0 Å². The first-order chi connectivity index (χ1) is 11.2. The van der Waals surface area contributed by atoms with Crippen LogP contribution in [0, 0.1) is 0 Å². The number of methoxy groups -OCH3 is 3. The molecule has 1 fully saturated rings. The van der Waals surface area contributed by atoms with Crippen LogP contribution < -0.4 is 14.2 Å². The van der Waals surface area contributed by atoms with Crippen LogP contribution in [0.1, 0.15) is 18.4 Å². The molecule has 3 rings (SSSR count). The molecule has 6 nitrogen and oxygen atoms in total. The van der Waals surface area contributed by atoms with Gasteiger partial charge >= 0.3 is 0 Å². The molecule has 1 saturated heterocycles. The number of hydrogen-bond acceptors (Lipinski definition) is 4. The van der Waals surface area contributed by atoms with E-state index in [0.717, 1.165) is 42.4 Å². The SMILES string of the molecule is COc1cc2[nH]cc(CC(=O)N3CCCC3)c2c(OC)c1OC. The third-order valence-corrected chi connectivity index (χ3v) is 4.35. The van der Waals surface area contributed by atoms with Gasteiger partial charge in [0.15, 0.2) is 11.5 Å². The number of fused-ring (bicyclic) bond motifs is 1. The summed E-state index contributed by atoms with van der Waals surface area (Å²) >= 11 is 0. The molecule has 2 aromatic rings. The molecule has 1 amide bonds. The lowest BCUT2D eigenvalue weighted by molar-refractivity contribution is -0.129. The number of carbonyl (C=O) groups excluding carboxylic acids is 1. The quantitative estimate of drug-likeness (QED) is 0.919. The molecule has 1 N–H and O–H groups in total. The molecule has 2 heterocycles. The molecule has 0 bridgehead atoms. The minimum Gasteiger partial charge on any atom is -0.493 e. The monoisotopic (exact) mass is 318 g/mol. The summed E-state index contributed by atoms with van der Waals surface area (Å²) in [5.74, 6) is 1.88. The van der Waals surface area contributed by atoms with Crippen molar-refractivity contribution in [2.45, 2.75) is 19.3 Å². The Balaban J connectivity index is 2.02. The summed E-state index contributed by atoms with van der Waals surface area (Å²) in [7, 11) is 4.76. The van der Waals surface area contributed by atoms with E-state index in [0.29, 0.717) is 23.7 Å². The lowest BCUT2D eigenvalue weighted by Gasteiger charge is -2.16. The van der Waals surface area contributed by atoms with E-state index in [2.05, 4.69) is 4.98 Å². The number of rotatable bonds is 5. The number of ether oxygens (including phenoxy) is 3. The smallest absolute Gasteiger partial charge is 0.227 e. The van der Waals surface area contributed by atoms with E-state index in [1.807, 2.05) is 17.2 Å². The molecule has 0 saturated carbocycles. The minimum atomic E-state index is 0.153. The fourth-order valence-corrected chi connectivity index (χ4v) is 3.21. The van der Waals surface area contributed by atoms with Crippen molar-refractivity contribution in [1.82, 2.24) is 9.88 Å². The number of H-pyrrole nitrogens is 1. The van der Waals surface area contributed by atoms with E-state index in [1.165, 1.54) is 0 Å². The van der Waals surface area contributed by atoms with Crippen LogP contribution in [-0.2, 0) is 11.2 Å². The molecule has 1 aromatic carbocycles. The molecule has 0 radical (unpaired) electrons. The molecule has 6 heteroatoms. The first kappa shape index (κ1) is 15.5. The van der Waals surface area contributed by atoms with Crippen molar-refractivity contribution in [2.75, 3.05) is 34.4 Å². The Bertz CT molecular complexity index is 717. The Morgan fingerprint density at radius 1 is 1.13 bits per heavy atom. The Morgan fingerprint density at radius 3 is 2.43 bits per heavy atom. The minimum absolute atomic E-state index is 0.153. The van der Waals surface area contributed by atoms with Gasteiger partial charge in [0, 0.05) is 30.7 Å². The Labute approximate surface area is 135 Å². The molecule has 0 unspecified atom stereocenters. The molecule has 23 heavy (non-hydrogen) atoms. The van der Waals surface area contributed by atoms with Crippen LogP contribution in [0.4, 0.5) is 0 Å². The zero-order chi connectivity index (χ0) is 16.4. The second-order valence-corrected chi connectivity index (χ2v) is 5.65. The first-order valence-corrected chi connectivity index (χ1v) is 7.76. The van der Waals surface area contributed by atoms with E-state index in [-0.39, 0.29) is 5.91 Å². The summed E-state index contributed by atoms with van der Waals surface area (Å²) in [6.07, 6.45) is 4.40. The predicted molar refractivity (Wildman–Crippen MR) is 87.5 cm³/mol. The van der Waals surface area contributed by atoms with Gasteiger partial charge in [-0.25, -0.2) is 0 Å². The molecule has 1 aromatic heterocycles. The van der Waals surface area contributed by atoms with Crippen molar-refractivity contribution >= 4 is 16.8 Å². The van der Waals surface area contributed by atoms with Gasteiger partial charge in [0.05, 0.1) is 33.3 Å². The van der Waals surface area contributed by atoms with Crippen LogP contribution in [0.15, 0.2) is 12.3 Å². The Hall–Kier alpha value is -2.37. The van der Waals surface area contributed by atoms with Crippen molar-refractivity contribution in [3.63, 3.8) is 0 Å². The topological polar surface area (TPSA) is 63.8 Å². The number of hydrogen-bond donors (Lipinski definition) is 1. The number of aromatic nitrogens is 1. The highest BCUT2D eigenvalue weighted by atomic mass is 16.5. The van der Waals surface area contributed by atoms with Gasteiger partial charge in [-0.2, -0.15) is 0 Å². The van der Waals surface area contributed by atoms with Crippen LogP contribution in [-0.4, -0.2) is 50.2 Å². The average Bonchev–Trinajstić information content (AvgIpc) is 3.23. The number of aromatic amines is 1. The van der Waals surface area contributed by atoms with Gasteiger partial charge in [0.2, 0.25) is 11.7 Å². The maximum atomic E-state index is 12.4. The summed E-state index contributed by atoms with van der Waals surface area (Å²) < 4.78 is 16.3. The highest BCUT2D eigenvalue weighted by molar-refractivity contribution is 5.96. The number of benzene rings is 1. The van der Waals surface area contributed by atoms with E-state index in [1.54, 1.807) is 21.3 Å². The van der Waals surface area contributed by atoms with E-state index < -0.39 is 0 Å². The van der Waals surface area contributed by atoms with Gasteiger partial charge in [-0.05, 0) is 18.4 Å². The van der Waals surface area contributed by atoms with Gasteiger partial charge < -0.3 is 24.1 Å². The zero-order valence-electron chi connectivity index (χ0n) is 13.8. The van der Waals surface area contributed by atoms with Crippen LogP contribution in [0.5, 0.6) is 17.2 Å². The molecular formula is C17H22N2O4. The van der Waals surface area contributed by atoms with Crippen LogP contribution in [0.3, 0.4) is 0 Å². The number of carbonyl (C=O) groups is 1. The third kappa shape index (κ3) is 2.69. The zero-order valence-corrected chi connectivity index (χ0v) is 13.8. The molecular weight excluding hydrogens is 296 g/mol. The van der Waals surface area contributed by atoms with Crippen LogP contribution in [0.25, 0.3) is 10.9 Å². The number of nitrogens with one attached hydrogen (secondary N) is 1. The summed E-state index contributed by atoms with van der Waals surface area (Å²) in [6, 6.07) is 1.86. The standard InChI is InChI=1S/C17H22N2O4/c1-21-13-9-12-15(17(23-3)16(13)22-2)11(10-18-12)8-14(20)19-6-4-5-7-19/h9-10,18H,4-8H2,1-3H3. The highest BCUT2D eigenvalue weighted by Crippen LogP contribution is 2.44. The van der Waals surface area contributed by atoms with Crippen LogP contribution >= 0.6 is 0 Å². The fourth-order valence-electron chi connectivity index (χ4n) is 3.21. The number of likely N-dealkylation sites (tertiary alicyclic amines) is 1. The van der Waals surface area contributed by atoms with Crippen molar-refractivity contribution < 1.29 is 19.0 Å². The molecule has 0 spiro atoms. The lowest BCUT2D eigenvalue weighted by Crippen LogP contribution is -2.28. The molecule has 1 aliphatic rings. The van der Waals surface area contributed by atoms with Gasteiger partial charge in [0.1, 0.15) is 0 Å². The maximum absolute atomic E-state index is 12.4. The van der Waals surface area contributed by atoms with Crippen molar-refractivity contribution in [2.24, 2.45) is 0 Å². The van der Waals surface area contributed by atoms with E-state index in [9.17, 15) is 4.79 Å². The van der Waals surface area contributed by atoms with Crippen molar-refractivity contribution in [3.05, 3.63) is 17.8 Å². The summed E-state index contributed by atoms with van der Waals surface area (Å²) in [4.78, 5) is 17.6. The summed E-state index contributed by atoms with van der Waals surface area (Å²) in [6.45, 7) is 1.71. The third-order valence-electron chi connectivity index (χ3n) is 4.35. The molecule has 124 valence electrons. The number of nitrogens with zero attached hydrogens (tertiary/aromatic N) is 1. The van der Waals surface area contributed by atoms with Crippen LogP contribution in [0.2, 0.25) is 0 Å². The normalized spacial score (nSPS) is 14.3. The van der Waals surface area contributed by atoms with E-state index >= 15 is 0 Å². The molecule has 0 aliphatic carbocycles. The average molecular weight is 318 g/mol. The predicted octanol–water partition coefficient (Wildman–Crippen LogP) is 2.36. The highest BCUT2D eigenvalue weighted by Gasteiger charge is 2.23. The Kier molecular flexibility index (Phi) is 4.32. The lowest BCUT2D eigenvalue weighted by atomic mass is 10.1. The fraction of sp³-hybridized carbons (Fsp3) is 0.471. The largest absolute Gasteiger partial charge is 0.493 e. The number of amides is 1. The van der Waals surface area contributed by atoms with Gasteiger partial charge in [-0.1, -0.05) is 0 Å². The molecule has 1 aliphatic heterocycles. The summed E-state index contributed by atoms with van der Waals surface area (Å²) in [5, 5.41) is 0.873. The second kappa shape index (κ2) is 6.40. The van der Waals surface area contributed by atoms with Gasteiger partial charge in [-0.3, -0.25) is 4.79 Å². The first-order valence-electron chi connectivity index (χ1n) is 7.76. The second-order valence-electron chi connectivity index (χ2n) is 5.65. The van der Waals surface area contributed by atoms with Crippen molar-refractivity contribution in [3.8, 4) is 17.2 Å². The van der Waals surface area contributed by atoms with Gasteiger partial charge in [-0.15, -0.1) is 0 Å². The Morgan fingerprint density at radius 2 is 1.83 bits per heavy atom. The van der Waals surface area contributed by atoms with E-state index in [4.69, 9.17) is 14.2 Å². The van der Waals surface area contributed by atoms with Gasteiger partial charge in [0.25, 0.3) is 0 Å².